The van der Waals surface area contributed by atoms with Gasteiger partial charge >= 0.3 is 0 Å². The summed E-state index contributed by atoms with van der Waals surface area (Å²) in [7, 11) is 1.82. The van der Waals surface area contributed by atoms with Crippen molar-refractivity contribution in [2.45, 2.75) is 51.2 Å². The molecule has 0 aromatic carbocycles. The second-order valence-electron chi connectivity index (χ2n) is 7.22. The molecule has 1 saturated heterocycles. The number of rotatable bonds is 6. The van der Waals surface area contributed by atoms with Crippen molar-refractivity contribution in [1.82, 2.24) is 30.3 Å². The van der Waals surface area contributed by atoms with Gasteiger partial charge in [0.05, 0.1) is 12.6 Å². The molecule has 0 bridgehead atoms. The van der Waals surface area contributed by atoms with E-state index in [-0.39, 0.29) is 0 Å². The minimum absolute atomic E-state index is 0.409. The molecule has 27 heavy (non-hydrogen) atoms. The van der Waals surface area contributed by atoms with Crippen molar-refractivity contribution in [2.24, 2.45) is 4.99 Å². The van der Waals surface area contributed by atoms with Crippen LogP contribution in [0.1, 0.15) is 48.3 Å². The summed E-state index contributed by atoms with van der Waals surface area (Å²) in [6, 6.07) is 4.80. The van der Waals surface area contributed by atoms with E-state index in [1.165, 1.54) is 43.6 Å². The van der Waals surface area contributed by atoms with Crippen LogP contribution in [0.3, 0.4) is 0 Å². The van der Waals surface area contributed by atoms with Crippen LogP contribution in [0, 0.1) is 0 Å². The molecule has 7 nitrogen and oxygen atoms in total. The fourth-order valence-corrected chi connectivity index (χ4v) is 4.88. The van der Waals surface area contributed by atoms with E-state index in [1.807, 2.05) is 18.4 Å². The highest BCUT2D eigenvalue weighted by Crippen LogP contribution is 2.27. The van der Waals surface area contributed by atoms with Crippen molar-refractivity contribution < 1.29 is 0 Å². The third-order valence-corrected chi connectivity index (χ3v) is 6.46. The first-order valence-electron chi connectivity index (χ1n) is 9.98. The summed E-state index contributed by atoms with van der Waals surface area (Å²) < 4.78 is 2.25. The first kappa shape index (κ1) is 18.4. The molecule has 2 aliphatic heterocycles. The van der Waals surface area contributed by atoms with Crippen LogP contribution in [-0.4, -0.2) is 52.3 Å². The van der Waals surface area contributed by atoms with Gasteiger partial charge < -0.3 is 15.2 Å². The Kier molecular flexibility index (Phi) is 6.03. The number of hydrogen-bond donors (Lipinski definition) is 2. The first-order valence-corrected chi connectivity index (χ1v) is 10.9. The largest absolute Gasteiger partial charge is 0.354 e. The Hall–Kier alpha value is -1.93. The van der Waals surface area contributed by atoms with E-state index in [1.54, 1.807) is 0 Å². The van der Waals surface area contributed by atoms with Crippen molar-refractivity contribution in [3.05, 3.63) is 34.0 Å². The van der Waals surface area contributed by atoms with Gasteiger partial charge in [0.2, 0.25) is 0 Å². The molecule has 0 amide bonds. The van der Waals surface area contributed by atoms with Gasteiger partial charge in [-0.1, -0.05) is 6.07 Å². The number of aromatic nitrogens is 3. The Morgan fingerprint density at radius 2 is 2.04 bits per heavy atom. The van der Waals surface area contributed by atoms with E-state index in [2.05, 4.69) is 52.8 Å². The maximum atomic E-state index is 4.40. The smallest absolute Gasteiger partial charge is 0.191 e. The van der Waals surface area contributed by atoms with E-state index in [0.29, 0.717) is 12.6 Å². The lowest BCUT2D eigenvalue weighted by Crippen LogP contribution is -2.42. The molecule has 8 heteroatoms. The Morgan fingerprint density at radius 3 is 2.81 bits per heavy atom. The standard InChI is InChI=1S/C19H29N7S/c1-20-19(22-14-18-24-23-17-8-2-3-11-26(17)18)21-13-15(16-7-6-12-27-16)25-9-4-5-10-25/h6-7,12,15H,2-5,8-11,13-14H2,1H3,(H2,20,21,22). The van der Waals surface area contributed by atoms with Gasteiger partial charge in [-0.15, -0.1) is 21.5 Å². The predicted octanol–water partition coefficient (Wildman–Crippen LogP) is 2.18. The first-order chi connectivity index (χ1) is 13.3. The molecule has 1 unspecified atom stereocenters. The van der Waals surface area contributed by atoms with Gasteiger partial charge in [0.25, 0.3) is 0 Å². The lowest BCUT2D eigenvalue weighted by molar-refractivity contribution is 0.249. The topological polar surface area (TPSA) is 70.4 Å². The van der Waals surface area contributed by atoms with E-state index >= 15 is 0 Å². The van der Waals surface area contributed by atoms with Gasteiger partial charge in [-0.25, -0.2) is 0 Å². The molecule has 0 aliphatic carbocycles. The van der Waals surface area contributed by atoms with Crippen LogP contribution in [0.5, 0.6) is 0 Å². The van der Waals surface area contributed by atoms with Crippen molar-refractivity contribution in [3.8, 4) is 0 Å². The second-order valence-corrected chi connectivity index (χ2v) is 8.20. The van der Waals surface area contributed by atoms with E-state index < -0.39 is 0 Å². The monoisotopic (exact) mass is 387 g/mol. The van der Waals surface area contributed by atoms with Crippen molar-refractivity contribution in [1.29, 1.82) is 0 Å². The molecule has 0 saturated carbocycles. The van der Waals surface area contributed by atoms with E-state index in [9.17, 15) is 0 Å². The molecule has 4 heterocycles. The summed E-state index contributed by atoms with van der Waals surface area (Å²) >= 11 is 1.84. The van der Waals surface area contributed by atoms with Gasteiger partial charge in [0, 0.05) is 31.4 Å². The van der Waals surface area contributed by atoms with Crippen molar-refractivity contribution >= 4 is 17.3 Å². The highest BCUT2D eigenvalue weighted by atomic mass is 32.1. The predicted molar refractivity (Wildman–Crippen MR) is 109 cm³/mol. The highest BCUT2D eigenvalue weighted by Gasteiger charge is 2.24. The molecule has 146 valence electrons. The molecule has 0 spiro atoms. The van der Waals surface area contributed by atoms with Crippen LogP contribution >= 0.6 is 11.3 Å². The molecular formula is C19H29N7S. The van der Waals surface area contributed by atoms with Crippen LogP contribution in [0.4, 0.5) is 0 Å². The number of hydrogen-bond acceptors (Lipinski definition) is 5. The number of guanidine groups is 1. The minimum atomic E-state index is 0.409. The number of fused-ring (bicyclic) bond motifs is 1. The number of nitrogens with one attached hydrogen (secondary N) is 2. The third-order valence-electron chi connectivity index (χ3n) is 5.49. The fourth-order valence-electron chi connectivity index (χ4n) is 4.02. The molecule has 1 atom stereocenters. The second kappa shape index (κ2) is 8.84. The molecule has 2 aromatic heterocycles. The zero-order chi connectivity index (χ0) is 18.5. The van der Waals surface area contributed by atoms with E-state index in [4.69, 9.17) is 0 Å². The normalized spacial score (nSPS) is 19.1. The Balaban J connectivity index is 1.35. The van der Waals surface area contributed by atoms with Gasteiger partial charge in [-0.05, 0) is 50.2 Å². The SMILES string of the molecule is CN=C(NCc1nnc2n1CCCC2)NCC(c1cccs1)N1CCCC1. The molecule has 1 fully saturated rings. The van der Waals surface area contributed by atoms with Crippen LogP contribution < -0.4 is 10.6 Å². The maximum absolute atomic E-state index is 4.40. The number of thiophene rings is 1. The summed E-state index contributed by atoms with van der Waals surface area (Å²) in [6.45, 7) is 4.91. The summed E-state index contributed by atoms with van der Waals surface area (Å²) in [5, 5.41) is 17.8. The summed E-state index contributed by atoms with van der Waals surface area (Å²) in [4.78, 5) is 8.41. The number of aliphatic imine (C=N–C) groups is 1. The average Bonchev–Trinajstić information content (AvgIpc) is 3.47. The van der Waals surface area contributed by atoms with Gasteiger partial charge in [0.15, 0.2) is 11.8 Å². The molecule has 4 rings (SSSR count). The number of aryl methyl sites for hydroxylation is 1. The van der Waals surface area contributed by atoms with Crippen LogP contribution in [0.15, 0.2) is 22.5 Å². The average molecular weight is 388 g/mol. The van der Waals surface area contributed by atoms with Crippen LogP contribution in [0.2, 0.25) is 0 Å². The summed E-state index contributed by atoms with van der Waals surface area (Å²) in [5.41, 5.74) is 0. The molecule has 2 aromatic rings. The van der Waals surface area contributed by atoms with Gasteiger partial charge in [0.1, 0.15) is 5.82 Å². The zero-order valence-corrected chi connectivity index (χ0v) is 16.8. The van der Waals surface area contributed by atoms with Crippen LogP contribution in [-0.2, 0) is 19.5 Å². The van der Waals surface area contributed by atoms with Crippen LogP contribution in [0.25, 0.3) is 0 Å². The third kappa shape index (κ3) is 4.32. The lowest BCUT2D eigenvalue weighted by Gasteiger charge is -2.27. The van der Waals surface area contributed by atoms with Crippen molar-refractivity contribution in [3.63, 3.8) is 0 Å². The highest BCUT2D eigenvalue weighted by molar-refractivity contribution is 7.10. The minimum Gasteiger partial charge on any atom is -0.354 e. The lowest BCUT2D eigenvalue weighted by atomic mass is 10.2. The van der Waals surface area contributed by atoms with E-state index in [0.717, 1.165) is 37.1 Å². The summed E-state index contributed by atoms with van der Waals surface area (Å²) in [5.74, 6) is 2.94. The quantitative estimate of drug-likeness (QED) is 0.587. The van der Waals surface area contributed by atoms with Gasteiger partial charge in [-0.2, -0.15) is 0 Å². The Bertz CT molecular complexity index is 746. The maximum Gasteiger partial charge on any atom is 0.191 e. The molecule has 0 radical (unpaired) electrons. The molecular weight excluding hydrogens is 358 g/mol. The summed E-state index contributed by atoms with van der Waals surface area (Å²) in [6.07, 6.45) is 6.07. The van der Waals surface area contributed by atoms with Gasteiger partial charge in [-0.3, -0.25) is 9.89 Å². The number of likely N-dealkylation sites (tertiary alicyclic amines) is 1. The molecule has 2 aliphatic rings. The Labute approximate surface area is 164 Å². The van der Waals surface area contributed by atoms with Crippen molar-refractivity contribution in [2.75, 3.05) is 26.7 Å². The number of nitrogens with zero attached hydrogens (tertiary/aromatic N) is 5. The molecule has 2 N–H and O–H groups in total. The Morgan fingerprint density at radius 1 is 1.19 bits per heavy atom. The fraction of sp³-hybridized carbons (Fsp3) is 0.632. The zero-order valence-electron chi connectivity index (χ0n) is 16.0.